The fraction of sp³-hybridized carbons (Fsp3) is 0.500. The number of aliphatic hydroxyl groups excluding tert-OH is 2. The SMILES string of the molecule is COc1cc(C(O)CO)c(OC)c(OC)c1C. The van der Waals surface area contributed by atoms with Crippen molar-refractivity contribution in [1.82, 2.24) is 0 Å². The summed E-state index contributed by atoms with van der Waals surface area (Å²) in [6, 6.07) is 1.64. The summed E-state index contributed by atoms with van der Waals surface area (Å²) in [5.41, 5.74) is 1.22. The van der Waals surface area contributed by atoms with Gasteiger partial charge in [-0.05, 0) is 13.0 Å². The number of aliphatic hydroxyl groups is 2. The number of ether oxygens (including phenoxy) is 3. The van der Waals surface area contributed by atoms with Gasteiger partial charge in [-0.15, -0.1) is 0 Å². The lowest BCUT2D eigenvalue weighted by Gasteiger charge is -2.19. The van der Waals surface area contributed by atoms with Gasteiger partial charge in [0.15, 0.2) is 11.5 Å². The van der Waals surface area contributed by atoms with Gasteiger partial charge in [0, 0.05) is 11.1 Å². The molecule has 5 nitrogen and oxygen atoms in total. The van der Waals surface area contributed by atoms with E-state index >= 15 is 0 Å². The number of hydrogen-bond donors (Lipinski definition) is 2. The molecule has 0 aromatic heterocycles. The molecule has 1 aromatic carbocycles. The Morgan fingerprint density at radius 1 is 1.12 bits per heavy atom. The lowest BCUT2D eigenvalue weighted by atomic mass is 10.0. The highest BCUT2D eigenvalue weighted by Crippen LogP contribution is 2.42. The summed E-state index contributed by atoms with van der Waals surface area (Å²) < 4.78 is 15.7. The Labute approximate surface area is 101 Å². The van der Waals surface area contributed by atoms with Gasteiger partial charge >= 0.3 is 0 Å². The number of hydrogen-bond acceptors (Lipinski definition) is 5. The average molecular weight is 242 g/mol. The van der Waals surface area contributed by atoms with Crippen molar-refractivity contribution in [1.29, 1.82) is 0 Å². The van der Waals surface area contributed by atoms with Crippen molar-refractivity contribution in [2.24, 2.45) is 0 Å². The van der Waals surface area contributed by atoms with Crippen LogP contribution in [0, 0.1) is 6.92 Å². The minimum atomic E-state index is -1.03. The number of rotatable bonds is 5. The van der Waals surface area contributed by atoms with Crippen molar-refractivity contribution in [3.63, 3.8) is 0 Å². The van der Waals surface area contributed by atoms with Gasteiger partial charge in [-0.3, -0.25) is 0 Å². The van der Waals surface area contributed by atoms with Crippen molar-refractivity contribution >= 4 is 0 Å². The average Bonchev–Trinajstić information content (AvgIpc) is 2.36. The Bertz CT molecular complexity index is 389. The monoisotopic (exact) mass is 242 g/mol. The molecule has 1 atom stereocenters. The summed E-state index contributed by atoms with van der Waals surface area (Å²) >= 11 is 0. The van der Waals surface area contributed by atoms with E-state index in [1.165, 1.54) is 21.3 Å². The second-order valence-electron chi connectivity index (χ2n) is 3.56. The molecule has 1 aromatic rings. The highest BCUT2D eigenvalue weighted by molar-refractivity contribution is 5.58. The van der Waals surface area contributed by atoms with Gasteiger partial charge in [0.2, 0.25) is 0 Å². The van der Waals surface area contributed by atoms with Gasteiger partial charge in [-0.25, -0.2) is 0 Å². The van der Waals surface area contributed by atoms with Crippen LogP contribution >= 0.6 is 0 Å². The molecule has 0 fully saturated rings. The third-order valence-electron chi connectivity index (χ3n) is 2.63. The van der Waals surface area contributed by atoms with Gasteiger partial charge in [0.25, 0.3) is 0 Å². The minimum Gasteiger partial charge on any atom is -0.496 e. The molecule has 0 saturated heterocycles. The molecule has 0 heterocycles. The van der Waals surface area contributed by atoms with Crippen molar-refractivity contribution in [3.8, 4) is 17.2 Å². The molecule has 0 aliphatic heterocycles. The molecule has 5 heteroatoms. The maximum Gasteiger partial charge on any atom is 0.167 e. The highest BCUT2D eigenvalue weighted by Gasteiger charge is 2.21. The first-order chi connectivity index (χ1) is 8.10. The van der Waals surface area contributed by atoms with Gasteiger partial charge in [-0.1, -0.05) is 0 Å². The van der Waals surface area contributed by atoms with Gasteiger partial charge in [0.05, 0.1) is 27.9 Å². The molecule has 0 bridgehead atoms. The van der Waals surface area contributed by atoms with Crippen LogP contribution in [0.25, 0.3) is 0 Å². The molecular weight excluding hydrogens is 224 g/mol. The van der Waals surface area contributed by atoms with Crippen LogP contribution in [0.5, 0.6) is 17.2 Å². The summed E-state index contributed by atoms with van der Waals surface area (Å²) in [4.78, 5) is 0. The fourth-order valence-electron chi connectivity index (χ4n) is 1.74. The predicted octanol–water partition coefficient (Wildman–Crippen LogP) is 1.05. The third kappa shape index (κ3) is 2.45. The topological polar surface area (TPSA) is 68.2 Å². The number of benzene rings is 1. The first-order valence-electron chi connectivity index (χ1n) is 5.19. The lowest BCUT2D eigenvalue weighted by Crippen LogP contribution is -2.07. The standard InChI is InChI=1S/C12H18O5/c1-7-10(15-2)5-8(9(14)6-13)12(17-4)11(7)16-3/h5,9,13-14H,6H2,1-4H3. The third-order valence-corrected chi connectivity index (χ3v) is 2.63. The molecule has 96 valence electrons. The summed E-state index contributed by atoms with van der Waals surface area (Å²) in [7, 11) is 4.53. The number of methoxy groups -OCH3 is 3. The fourth-order valence-corrected chi connectivity index (χ4v) is 1.74. The van der Waals surface area contributed by atoms with Crippen LogP contribution in [-0.2, 0) is 0 Å². The van der Waals surface area contributed by atoms with Crippen LogP contribution in [0.1, 0.15) is 17.2 Å². The molecule has 1 unspecified atom stereocenters. The molecular formula is C12H18O5. The van der Waals surface area contributed by atoms with Crippen LogP contribution in [0.3, 0.4) is 0 Å². The largest absolute Gasteiger partial charge is 0.496 e. The van der Waals surface area contributed by atoms with Crippen LogP contribution in [0.15, 0.2) is 6.07 Å². The van der Waals surface area contributed by atoms with Crippen LogP contribution < -0.4 is 14.2 Å². The summed E-state index contributed by atoms with van der Waals surface area (Å²) in [6.45, 7) is 1.43. The summed E-state index contributed by atoms with van der Waals surface area (Å²) in [5.74, 6) is 1.48. The maximum atomic E-state index is 9.73. The maximum absolute atomic E-state index is 9.73. The Balaban J connectivity index is 3.47. The minimum absolute atomic E-state index is 0.397. The summed E-state index contributed by atoms with van der Waals surface area (Å²) in [6.07, 6.45) is -1.03. The van der Waals surface area contributed by atoms with E-state index in [9.17, 15) is 5.11 Å². The van der Waals surface area contributed by atoms with E-state index < -0.39 is 12.7 Å². The Morgan fingerprint density at radius 3 is 2.12 bits per heavy atom. The van der Waals surface area contributed by atoms with Crippen LogP contribution in [-0.4, -0.2) is 38.1 Å². The van der Waals surface area contributed by atoms with E-state index in [4.69, 9.17) is 19.3 Å². The molecule has 0 radical (unpaired) electrons. The molecule has 17 heavy (non-hydrogen) atoms. The zero-order chi connectivity index (χ0) is 13.0. The summed E-state index contributed by atoms with van der Waals surface area (Å²) in [5, 5.41) is 18.7. The first kappa shape index (κ1) is 13.6. The second kappa shape index (κ2) is 5.75. The van der Waals surface area contributed by atoms with E-state index in [1.807, 2.05) is 6.92 Å². The Morgan fingerprint density at radius 2 is 1.71 bits per heavy atom. The van der Waals surface area contributed by atoms with E-state index in [0.29, 0.717) is 22.8 Å². The van der Waals surface area contributed by atoms with Crippen molar-refractivity contribution in [3.05, 3.63) is 17.2 Å². The Kier molecular flexibility index (Phi) is 4.60. The molecule has 0 spiro atoms. The van der Waals surface area contributed by atoms with Crippen molar-refractivity contribution in [2.75, 3.05) is 27.9 Å². The van der Waals surface area contributed by atoms with Crippen LogP contribution in [0.4, 0.5) is 0 Å². The zero-order valence-corrected chi connectivity index (χ0v) is 10.5. The normalized spacial score (nSPS) is 12.1. The second-order valence-corrected chi connectivity index (χ2v) is 3.56. The Hall–Kier alpha value is -1.46. The van der Waals surface area contributed by atoms with E-state index in [2.05, 4.69) is 0 Å². The van der Waals surface area contributed by atoms with Crippen molar-refractivity contribution in [2.45, 2.75) is 13.0 Å². The van der Waals surface area contributed by atoms with Gasteiger partial charge < -0.3 is 24.4 Å². The van der Waals surface area contributed by atoms with E-state index in [1.54, 1.807) is 6.07 Å². The molecule has 0 saturated carbocycles. The quantitative estimate of drug-likeness (QED) is 0.807. The van der Waals surface area contributed by atoms with Crippen molar-refractivity contribution < 1.29 is 24.4 Å². The lowest BCUT2D eigenvalue weighted by molar-refractivity contribution is 0.0927. The molecule has 0 amide bonds. The predicted molar refractivity (Wildman–Crippen MR) is 62.9 cm³/mol. The van der Waals surface area contributed by atoms with Gasteiger partial charge in [0.1, 0.15) is 11.9 Å². The molecule has 0 aliphatic carbocycles. The van der Waals surface area contributed by atoms with E-state index in [0.717, 1.165) is 5.56 Å². The highest BCUT2D eigenvalue weighted by atomic mass is 16.5. The zero-order valence-electron chi connectivity index (χ0n) is 10.5. The first-order valence-corrected chi connectivity index (χ1v) is 5.19. The molecule has 1 rings (SSSR count). The smallest absolute Gasteiger partial charge is 0.167 e. The van der Waals surface area contributed by atoms with E-state index in [-0.39, 0.29) is 0 Å². The van der Waals surface area contributed by atoms with Gasteiger partial charge in [-0.2, -0.15) is 0 Å². The molecule has 0 aliphatic rings. The van der Waals surface area contributed by atoms with Crippen LogP contribution in [0.2, 0.25) is 0 Å². The molecule has 2 N–H and O–H groups in total.